The fourth-order valence-electron chi connectivity index (χ4n) is 6.50. The van der Waals surface area contributed by atoms with Crippen molar-refractivity contribution in [3.8, 4) is 28.7 Å². The van der Waals surface area contributed by atoms with E-state index in [0.717, 1.165) is 62.3 Å². The molecule has 8 rings (SSSR count). The van der Waals surface area contributed by atoms with Crippen LogP contribution in [0.3, 0.4) is 0 Å². The molecule has 0 radical (unpaired) electrons. The fraction of sp³-hybridized carbons (Fsp3) is 0.455. The number of amides is 1. The Balaban J connectivity index is 1.18. The molecule has 4 heterocycles. The third-order valence-corrected chi connectivity index (χ3v) is 9.39. The lowest BCUT2D eigenvalue weighted by molar-refractivity contribution is -0.121. The van der Waals surface area contributed by atoms with Crippen molar-refractivity contribution in [2.24, 2.45) is 0 Å². The zero-order chi connectivity index (χ0) is 31.1. The first-order chi connectivity index (χ1) is 21.7. The van der Waals surface area contributed by atoms with Gasteiger partial charge in [0, 0.05) is 43.7 Å². The SMILES string of the molecule is CCN1C(=O)C2(CC2)N(Cc2ccc(-c3nc(C(C)(F)F)cn3C3CC3)cc2)c2nc(-c3c(OC)ncnc3C3CC3)ncc21. The number of imidazole rings is 1. The number of hydrogen-bond donors (Lipinski definition) is 0. The number of rotatable bonds is 9. The topological polar surface area (TPSA) is 102 Å². The molecule has 1 spiro atoms. The van der Waals surface area contributed by atoms with E-state index < -0.39 is 11.5 Å². The molecule has 232 valence electrons. The largest absolute Gasteiger partial charge is 0.480 e. The van der Waals surface area contributed by atoms with E-state index in [-0.39, 0.29) is 17.6 Å². The Morgan fingerprint density at radius 3 is 2.42 bits per heavy atom. The van der Waals surface area contributed by atoms with Crippen molar-refractivity contribution >= 4 is 17.4 Å². The average molecular weight is 613 g/mol. The minimum Gasteiger partial charge on any atom is -0.480 e. The van der Waals surface area contributed by atoms with Crippen LogP contribution in [-0.4, -0.2) is 54.6 Å². The van der Waals surface area contributed by atoms with Crippen LogP contribution in [0.4, 0.5) is 20.3 Å². The molecule has 0 bridgehead atoms. The smallest absolute Gasteiger partial charge is 0.288 e. The molecule has 45 heavy (non-hydrogen) atoms. The van der Waals surface area contributed by atoms with Gasteiger partial charge < -0.3 is 19.1 Å². The molecule has 0 unspecified atom stereocenters. The summed E-state index contributed by atoms with van der Waals surface area (Å²) in [5.74, 6) is -0.472. The number of fused-ring (bicyclic) bond motifs is 1. The lowest BCUT2D eigenvalue weighted by Crippen LogP contribution is -2.55. The lowest BCUT2D eigenvalue weighted by Gasteiger charge is -2.42. The Labute approximate surface area is 259 Å². The molecule has 3 aliphatic carbocycles. The van der Waals surface area contributed by atoms with Crippen molar-refractivity contribution in [3.63, 3.8) is 0 Å². The molecule has 1 amide bonds. The maximum Gasteiger partial charge on any atom is 0.288 e. The van der Waals surface area contributed by atoms with Gasteiger partial charge in [0.25, 0.3) is 11.8 Å². The molecule has 4 aromatic rings. The summed E-state index contributed by atoms with van der Waals surface area (Å²) in [7, 11) is 1.58. The summed E-state index contributed by atoms with van der Waals surface area (Å²) in [6, 6.07) is 8.03. The molecule has 0 N–H and O–H groups in total. The van der Waals surface area contributed by atoms with Crippen molar-refractivity contribution < 1.29 is 18.3 Å². The van der Waals surface area contributed by atoms with Crippen molar-refractivity contribution in [1.29, 1.82) is 0 Å². The van der Waals surface area contributed by atoms with E-state index >= 15 is 0 Å². The standard InChI is InChI=1S/C33H34F2N8O2/c1-4-41-23-15-36-27(25-26(20-9-10-20)37-18-38-30(25)45-3)40-29(23)43(33(13-14-33)31(41)44)16-19-5-7-21(8-6-19)28-39-24(32(2,34)35)17-42(28)22-11-12-22/h5-8,15,17-18,20,22H,4,9-14,16H2,1-3H3. The van der Waals surface area contributed by atoms with E-state index in [0.29, 0.717) is 53.6 Å². The van der Waals surface area contributed by atoms with Crippen LogP contribution in [0.2, 0.25) is 0 Å². The Kier molecular flexibility index (Phi) is 6.24. The first kappa shape index (κ1) is 28.0. The number of aromatic nitrogens is 6. The Morgan fingerprint density at radius 2 is 1.80 bits per heavy atom. The molecule has 3 fully saturated rings. The third kappa shape index (κ3) is 4.64. The number of halogens is 2. The number of anilines is 2. The van der Waals surface area contributed by atoms with Crippen molar-refractivity contribution in [1.82, 2.24) is 29.5 Å². The highest BCUT2D eigenvalue weighted by Gasteiger charge is 2.60. The predicted octanol–water partition coefficient (Wildman–Crippen LogP) is 6.04. The Morgan fingerprint density at radius 1 is 1.04 bits per heavy atom. The summed E-state index contributed by atoms with van der Waals surface area (Å²) in [4.78, 5) is 40.9. The summed E-state index contributed by atoms with van der Waals surface area (Å²) in [6.45, 7) is 3.80. The molecule has 0 saturated heterocycles. The van der Waals surface area contributed by atoms with Gasteiger partial charge in [0.05, 0.1) is 19.0 Å². The van der Waals surface area contributed by atoms with Crippen LogP contribution < -0.4 is 14.5 Å². The van der Waals surface area contributed by atoms with Gasteiger partial charge in [-0.2, -0.15) is 8.78 Å². The van der Waals surface area contributed by atoms with E-state index in [2.05, 4.69) is 19.9 Å². The second-order valence-electron chi connectivity index (χ2n) is 12.7. The maximum atomic E-state index is 14.2. The number of likely N-dealkylation sites (N-methyl/N-ethyl adjacent to an activating group) is 1. The van der Waals surface area contributed by atoms with Crippen LogP contribution >= 0.6 is 0 Å². The van der Waals surface area contributed by atoms with Crippen LogP contribution in [0.1, 0.15) is 81.3 Å². The summed E-state index contributed by atoms with van der Waals surface area (Å²) in [5, 5.41) is 0. The summed E-state index contributed by atoms with van der Waals surface area (Å²) >= 11 is 0. The number of benzene rings is 1. The third-order valence-electron chi connectivity index (χ3n) is 9.39. The first-order valence-electron chi connectivity index (χ1n) is 15.6. The Hall–Kier alpha value is -4.48. The molecule has 3 saturated carbocycles. The van der Waals surface area contributed by atoms with Gasteiger partial charge in [0.1, 0.15) is 34.6 Å². The molecular weight excluding hydrogens is 578 g/mol. The van der Waals surface area contributed by atoms with Gasteiger partial charge in [0.2, 0.25) is 5.88 Å². The fourth-order valence-corrected chi connectivity index (χ4v) is 6.50. The molecule has 1 aromatic carbocycles. The summed E-state index contributed by atoms with van der Waals surface area (Å²) < 4.78 is 35.8. The van der Waals surface area contributed by atoms with Crippen molar-refractivity contribution in [3.05, 3.63) is 59.9 Å². The molecule has 4 aliphatic rings. The number of nitrogens with zero attached hydrogens (tertiary/aromatic N) is 8. The molecule has 3 aromatic heterocycles. The predicted molar refractivity (Wildman–Crippen MR) is 163 cm³/mol. The molecule has 10 nitrogen and oxygen atoms in total. The van der Waals surface area contributed by atoms with Gasteiger partial charge in [-0.25, -0.2) is 24.9 Å². The van der Waals surface area contributed by atoms with Gasteiger partial charge in [-0.05, 0) is 51.0 Å². The molecule has 0 atom stereocenters. The second kappa shape index (κ2) is 10.0. The Bertz CT molecular complexity index is 1810. The average Bonchev–Trinajstić information content (AvgIpc) is 3.92. The normalized spacial score (nSPS) is 18.8. The number of alkyl halides is 2. The number of hydrogen-bond acceptors (Lipinski definition) is 8. The number of carbonyl (C=O) groups is 1. The highest BCUT2D eigenvalue weighted by Crippen LogP contribution is 2.53. The second-order valence-corrected chi connectivity index (χ2v) is 12.7. The highest BCUT2D eigenvalue weighted by molar-refractivity contribution is 6.09. The minimum atomic E-state index is -3.01. The zero-order valence-electron chi connectivity index (χ0n) is 25.5. The van der Waals surface area contributed by atoms with E-state index in [1.54, 1.807) is 18.2 Å². The van der Waals surface area contributed by atoms with E-state index in [9.17, 15) is 13.6 Å². The highest BCUT2D eigenvalue weighted by atomic mass is 19.3. The monoisotopic (exact) mass is 612 g/mol. The van der Waals surface area contributed by atoms with Crippen LogP contribution in [0.25, 0.3) is 22.8 Å². The first-order valence-corrected chi connectivity index (χ1v) is 15.6. The number of methoxy groups -OCH3 is 1. The van der Waals surface area contributed by atoms with Crippen molar-refractivity contribution in [2.75, 3.05) is 23.5 Å². The molecular formula is C33H34F2N8O2. The minimum absolute atomic E-state index is 0.0595. The summed E-state index contributed by atoms with van der Waals surface area (Å²) in [6.07, 6.45) is 10.2. The van der Waals surface area contributed by atoms with Gasteiger partial charge >= 0.3 is 0 Å². The van der Waals surface area contributed by atoms with Crippen LogP contribution in [0, 0.1) is 0 Å². The van der Waals surface area contributed by atoms with E-state index in [4.69, 9.17) is 14.7 Å². The molecule has 12 heteroatoms. The van der Waals surface area contributed by atoms with E-state index in [1.807, 2.05) is 35.8 Å². The molecule has 1 aliphatic heterocycles. The van der Waals surface area contributed by atoms with Crippen LogP contribution in [-0.2, 0) is 17.3 Å². The number of carbonyl (C=O) groups excluding carboxylic acids is 1. The van der Waals surface area contributed by atoms with Gasteiger partial charge in [0.15, 0.2) is 11.6 Å². The van der Waals surface area contributed by atoms with Crippen LogP contribution in [0.5, 0.6) is 5.88 Å². The van der Waals surface area contributed by atoms with E-state index in [1.165, 1.54) is 12.5 Å². The lowest BCUT2D eigenvalue weighted by atomic mass is 10.0. The number of ether oxygens (including phenoxy) is 1. The van der Waals surface area contributed by atoms with Crippen LogP contribution in [0.15, 0.2) is 43.0 Å². The quantitative estimate of drug-likeness (QED) is 0.226. The van der Waals surface area contributed by atoms with Gasteiger partial charge in [-0.15, -0.1) is 0 Å². The van der Waals surface area contributed by atoms with Gasteiger partial charge in [-0.3, -0.25) is 4.79 Å². The van der Waals surface area contributed by atoms with Gasteiger partial charge in [-0.1, -0.05) is 24.3 Å². The maximum absolute atomic E-state index is 14.2. The van der Waals surface area contributed by atoms with Crippen molar-refractivity contribution in [2.45, 2.75) is 82.3 Å². The summed E-state index contributed by atoms with van der Waals surface area (Å²) in [5.41, 5.74) is 3.12. The zero-order valence-corrected chi connectivity index (χ0v) is 25.5.